The van der Waals surface area contributed by atoms with Gasteiger partial charge in [-0.1, -0.05) is 48.2 Å². The van der Waals surface area contributed by atoms with E-state index in [0.29, 0.717) is 5.16 Å². The normalized spacial score (nSPS) is 12.0. The molecule has 128 valence electrons. The van der Waals surface area contributed by atoms with E-state index in [9.17, 15) is 4.79 Å². The molecule has 0 aliphatic rings. The number of tetrazole rings is 1. The van der Waals surface area contributed by atoms with E-state index in [1.165, 1.54) is 11.8 Å². The van der Waals surface area contributed by atoms with Gasteiger partial charge in [0.2, 0.25) is 11.1 Å². The van der Waals surface area contributed by atoms with Crippen LogP contribution in [-0.2, 0) is 4.79 Å². The van der Waals surface area contributed by atoms with Crippen molar-refractivity contribution >= 4 is 23.4 Å². The molecule has 25 heavy (non-hydrogen) atoms. The maximum Gasteiger partial charge on any atom is 0.240 e. The van der Waals surface area contributed by atoms with E-state index in [0.717, 1.165) is 16.9 Å². The van der Waals surface area contributed by atoms with Crippen molar-refractivity contribution in [2.75, 3.05) is 11.9 Å². The van der Waals surface area contributed by atoms with Gasteiger partial charge in [0.05, 0.1) is 10.9 Å². The van der Waals surface area contributed by atoms with Crippen molar-refractivity contribution in [3.05, 3.63) is 60.2 Å². The summed E-state index contributed by atoms with van der Waals surface area (Å²) in [6, 6.07) is 17.4. The Kier molecular flexibility index (Phi) is 5.14. The quantitative estimate of drug-likeness (QED) is 0.660. The molecule has 6 nitrogen and oxygen atoms in total. The zero-order valence-electron chi connectivity index (χ0n) is 14.3. The van der Waals surface area contributed by atoms with Crippen LogP contribution in [0, 0.1) is 6.92 Å². The summed E-state index contributed by atoms with van der Waals surface area (Å²) < 4.78 is 1.67. The molecular weight excluding hydrogens is 334 g/mol. The van der Waals surface area contributed by atoms with Gasteiger partial charge in [-0.05, 0) is 48.0 Å². The van der Waals surface area contributed by atoms with Gasteiger partial charge in [0.15, 0.2) is 0 Å². The molecule has 0 aliphatic carbocycles. The molecule has 3 aromatic rings. The maximum atomic E-state index is 12.7. The number of rotatable bonds is 5. The van der Waals surface area contributed by atoms with Crippen LogP contribution in [0.3, 0.4) is 0 Å². The van der Waals surface area contributed by atoms with Gasteiger partial charge >= 0.3 is 0 Å². The van der Waals surface area contributed by atoms with Gasteiger partial charge < -0.3 is 4.90 Å². The summed E-state index contributed by atoms with van der Waals surface area (Å²) in [5, 5.41) is 12.2. The third-order valence-corrected chi connectivity index (χ3v) is 4.91. The van der Waals surface area contributed by atoms with E-state index < -0.39 is 0 Å². The first kappa shape index (κ1) is 17.2. The highest BCUT2D eigenvalue weighted by Crippen LogP contribution is 2.26. The number of hydrogen-bond acceptors (Lipinski definition) is 5. The largest absolute Gasteiger partial charge is 0.315 e. The molecule has 1 atom stereocenters. The van der Waals surface area contributed by atoms with Crippen LogP contribution >= 0.6 is 11.8 Å². The van der Waals surface area contributed by atoms with Gasteiger partial charge in [0, 0.05) is 12.7 Å². The van der Waals surface area contributed by atoms with E-state index in [2.05, 4.69) is 15.5 Å². The molecule has 2 aromatic carbocycles. The van der Waals surface area contributed by atoms with Gasteiger partial charge in [0.1, 0.15) is 0 Å². The Balaban J connectivity index is 1.78. The Bertz CT molecular complexity index is 865. The monoisotopic (exact) mass is 353 g/mol. The molecule has 0 saturated heterocycles. The summed E-state index contributed by atoms with van der Waals surface area (Å²) in [6.45, 7) is 3.87. The second-order valence-electron chi connectivity index (χ2n) is 5.65. The third kappa shape index (κ3) is 3.71. The minimum Gasteiger partial charge on any atom is -0.315 e. The maximum absolute atomic E-state index is 12.7. The summed E-state index contributed by atoms with van der Waals surface area (Å²) in [5.41, 5.74) is 2.83. The third-order valence-electron chi connectivity index (χ3n) is 3.89. The first-order valence-electron chi connectivity index (χ1n) is 7.91. The van der Waals surface area contributed by atoms with Crippen LogP contribution in [0.2, 0.25) is 0 Å². The van der Waals surface area contributed by atoms with Crippen LogP contribution in [-0.4, -0.2) is 38.4 Å². The lowest BCUT2D eigenvalue weighted by molar-refractivity contribution is -0.117. The number of nitrogens with zero attached hydrogens (tertiary/aromatic N) is 5. The number of aryl methyl sites for hydroxylation is 1. The van der Waals surface area contributed by atoms with Crippen molar-refractivity contribution in [2.24, 2.45) is 0 Å². The van der Waals surface area contributed by atoms with Gasteiger partial charge in [-0.2, -0.15) is 4.68 Å². The fourth-order valence-corrected chi connectivity index (χ4v) is 3.36. The van der Waals surface area contributed by atoms with Crippen molar-refractivity contribution in [1.29, 1.82) is 0 Å². The number of carbonyl (C=O) groups is 1. The highest BCUT2D eigenvalue weighted by Gasteiger charge is 2.23. The molecule has 0 bridgehead atoms. The average Bonchev–Trinajstić information content (AvgIpc) is 3.09. The highest BCUT2D eigenvalue weighted by molar-refractivity contribution is 8.00. The summed E-state index contributed by atoms with van der Waals surface area (Å²) in [4.78, 5) is 14.4. The summed E-state index contributed by atoms with van der Waals surface area (Å²) in [5.74, 6) is -0.00414. The summed E-state index contributed by atoms with van der Waals surface area (Å²) >= 11 is 1.35. The van der Waals surface area contributed by atoms with Crippen LogP contribution in [0.15, 0.2) is 59.8 Å². The Morgan fingerprint density at radius 1 is 1.12 bits per heavy atom. The van der Waals surface area contributed by atoms with Gasteiger partial charge in [-0.25, -0.2) is 0 Å². The number of carbonyl (C=O) groups excluding carboxylic acids is 1. The minimum atomic E-state index is -0.320. The second-order valence-corrected chi connectivity index (χ2v) is 6.96. The lowest BCUT2D eigenvalue weighted by atomic mass is 10.2. The van der Waals surface area contributed by atoms with Crippen LogP contribution in [0.25, 0.3) is 5.69 Å². The van der Waals surface area contributed by atoms with E-state index in [1.807, 2.05) is 68.4 Å². The van der Waals surface area contributed by atoms with E-state index in [4.69, 9.17) is 0 Å². The van der Waals surface area contributed by atoms with Crippen LogP contribution in [0.4, 0.5) is 5.69 Å². The number of hydrogen-bond donors (Lipinski definition) is 0. The summed E-state index contributed by atoms with van der Waals surface area (Å²) in [6.07, 6.45) is 0. The van der Waals surface area contributed by atoms with Crippen molar-refractivity contribution < 1.29 is 4.79 Å². The SMILES string of the molecule is Cc1ccccc1-n1nnnc1SC(C)C(=O)N(C)c1ccccc1. The highest BCUT2D eigenvalue weighted by atomic mass is 32.2. The molecule has 1 amide bonds. The van der Waals surface area contributed by atoms with E-state index in [-0.39, 0.29) is 11.2 Å². The lowest BCUT2D eigenvalue weighted by Crippen LogP contribution is -2.33. The number of para-hydroxylation sites is 2. The Morgan fingerprint density at radius 2 is 1.80 bits per heavy atom. The standard InChI is InChI=1S/C18H19N5OS/c1-13-9-7-8-12-16(13)23-18(19-20-21-23)25-14(2)17(24)22(3)15-10-5-4-6-11-15/h4-12,14H,1-3H3. The molecule has 0 saturated carbocycles. The van der Waals surface area contributed by atoms with Gasteiger partial charge in [-0.3, -0.25) is 4.79 Å². The number of anilines is 1. The molecule has 0 radical (unpaired) electrons. The Labute approximate surface area is 150 Å². The lowest BCUT2D eigenvalue weighted by Gasteiger charge is -2.21. The fourth-order valence-electron chi connectivity index (χ4n) is 2.46. The molecule has 0 N–H and O–H groups in total. The minimum absolute atomic E-state index is 0.00414. The topological polar surface area (TPSA) is 63.9 Å². The van der Waals surface area contributed by atoms with Crippen LogP contribution in [0.5, 0.6) is 0 Å². The molecule has 1 unspecified atom stereocenters. The second kappa shape index (κ2) is 7.48. The van der Waals surface area contributed by atoms with Crippen molar-refractivity contribution in [3.8, 4) is 5.69 Å². The first-order chi connectivity index (χ1) is 12.1. The molecule has 1 aromatic heterocycles. The smallest absolute Gasteiger partial charge is 0.240 e. The van der Waals surface area contributed by atoms with Crippen molar-refractivity contribution in [2.45, 2.75) is 24.3 Å². The summed E-state index contributed by atoms with van der Waals surface area (Å²) in [7, 11) is 1.78. The van der Waals surface area contributed by atoms with Crippen molar-refractivity contribution in [1.82, 2.24) is 20.2 Å². The molecule has 0 fully saturated rings. The van der Waals surface area contributed by atoms with Gasteiger partial charge in [0.25, 0.3) is 0 Å². The first-order valence-corrected chi connectivity index (χ1v) is 8.79. The van der Waals surface area contributed by atoms with Crippen LogP contribution < -0.4 is 4.90 Å². The van der Waals surface area contributed by atoms with Crippen LogP contribution in [0.1, 0.15) is 12.5 Å². The average molecular weight is 353 g/mol. The predicted octanol–water partition coefficient (Wildman–Crippen LogP) is 3.11. The molecule has 0 aliphatic heterocycles. The molecule has 0 spiro atoms. The fraction of sp³-hybridized carbons (Fsp3) is 0.222. The number of thioether (sulfide) groups is 1. The number of benzene rings is 2. The van der Waals surface area contributed by atoms with Gasteiger partial charge in [-0.15, -0.1) is 5.10 Å². The molecular formula is C18H19N5OS. The predicted molar refractivity (Wildman–Crippen MR) is 99.1 cm³/mol. The zero-order valence-corrected chi connectivity index (χ0v) is 15.1. The number of aromatic nitrogens is 4. The molecule has 1 heterocycles. The Hall–Kier alpha value is -2.67. The van der Waals surface area contributed by atoms with E-state index in [1.54, 1.807) is 16.6 Å². The number of amides is 1. The molecule has 3 rings (SSSR count). The Morgan fingerprint density at radius 3 is 2.52 bits per heavy atom. The molecule has 7 heteroatoms. The zero-order chi connectivity index (χ0) is 17.8. The van der Waals surface area contributed by atoms with Crippen molar-refractivity contribution in [3.63, 3.8) is 0 Å². The van der Waals surface area contributed by atoms with E-state index >= 15 is 0 Å².